The van der Waals surface area contributed by atoms with Gasteiger partial charge < -0.3 is 10.7 Å². The minimum Gasteiger partial charge on any atom is -0.370 e. The van der Waals surface area contributed by atoms with Gasteiger partial charge in [0.1, 0.15) is 0 Å². The number of nitrogens with one attached hydrogen (secondary N) is 1. The van der Waals surface area contributed by atoms with Crippen LogP contribution in [0.15, 0.2) is 29.2 Å². The average Bonchev–Trinajstić information content (AvgIpc) is 1.87. The van der Waals surface area contributed by atoms with E-state index in [0.717, 1.165) is 0 Å². The van der Waals surface area contributed by atoms with Crippen molar-refractivity contribution >= 4 is 5.91 Å². The Morgan fingerprint density at radius 2 is 2.09 bits per heavy atom. The molecule has 1 amide bonds. The smallest absolute Gasteiger partial charge is 0.247 e. The van der Waals surface area contributed by atoms with Crippen LogP contribution in [0.5, 0.6) is 0 Å². The first-order chi connectivity index (χ1) is 5.13. The fourth-order valence-corrected chi connectivity index (χ4v) is 0.377. The van der Waals surface area contributed by atoms with E-state index < -0.39 is 0 Å². The second-order valence-electron chi connectivity index (χ2n) is 1.84. The molecule has 0 saturated carbocycles. The van der Waals surface area contributed by atoms with Crippen molar-refractivity contribution in [1.29, 1.82) is 0 Å². The molecule has 4 nitrogen and oxygen atoms in total. The molecule has 3 N–H and O–H groups in total. The fraction of sp³-hybridized carbons (Fsp3) is 0.143. The Kier molecular flexibility index (Phi) is 4.47. The van der Waals surface area contributed by atoms with Gasteiger partial charge in [0.2, 0.25) is 11.5 Å². The standard InChI is InChI=1S/C5H5NO.C2H5NO/c7-5-3-1-2-4-6-5;1-2(3)4/h1-4H,(H,6,7);1H3,(H2,3,4). The molecule has 0 radical (unpaired) electrons. The third-order valence-corrected chi connectivity index (χ3v) is 0.681. The molecule has 0 saturated heterocycles. The molecule has 0 aliphatic rings. The van der Waals surface area contributed by atoms with Crippen molar-refractivity contribution in [2.75, 3.05) is 0 Å². The summed E-state index contributed by atoms with van der Waals surface area (Å²) in [4.78, 5) is 21.9. The summed E-state index contributed by atoms with van der Waals surface area (Å²) in [5.74, 6) is -0.333. The molecule has 4 heteroatoms. The Hall–Kier alpha value is -1.58. The highest BCUT2D eigenvalue weighted by Crippen LogP contribution is 1.67. The minimum absolute atomic E-state index is 0.0532. The summed E-state index contributed by atoms with van der Waals surface area (Å²) in [7, 11) is 0. The zero-order valence-electron chi connectivity index (χ0n) is 6.20. The number of amides is 1. The van der Waals surface area contributed by atoms with Crippen LogP contribution in [-0.2, 0) is 4.79 Å². The molecule has 0 aromatic carbocycles. The van der Waals surface area contributed by atoms with Gasteiger partial charge >= 0.3 is 0 Å². The van der Waals surface area contributed by atoms with E-state index in [4.69, 9.17) is 0 Å². The lowest BCUT2D eigenvalue weighted by atomic mass is 10.5. The number of pyridine rings is 1. The Balaban J connectivity index is 0.000000218. The van der Waals surface area contributed by atoms with Gasteiger partial charge in [0.25, 0.3) is 0 Å². The van der Waals surface area contributed by atoms with E-state index in [2.05, 4.69) is 10.7 Å². The number of hydrogen-bond donors (Lipinski definition) is 2. The molecule has 0 bridgehead atoms. The third kappa shape index (κ3) is 8.42. The van der Waals surface area contributed by atoms with Crippen molar-refractivity contribution < 1.29 is 4.79 Å². The third-order valence-electron chi connectivity index (χ3n) is 0.681. The molecule has 0 unspecified atom stereocenters. The lowest BCUT2D eigenvalue weighted by Gasteiger charge is -1.73. The van der Waals surface area contributed by atoms with Gasteiger partial charge in [-0.15, -0.1) is 0 Å². The maximum atomic E-state index is 10.2. The number of aromatic amines is 1. The number of hydrogen-bond acceptors (Lipinski definition) is 2. The van der Waals surface area contributed by atoms with Crippen LogP contribution in [0.2, 0.25) is 0 Å². The van der Waals surface area contributed by atoms with Gasteiger partial charge in [-0.25, -0.2) is 0 Å². The zero-order chi connectivity index (χ0) is 8.69. The van der Waals surface area contributed by atoms with E-state index in [1.54, 1.807) is 18.3 Å². The number of H-pyrrole nitrogens is 1. The van der Waals surface area contributed by atoms with E-state index in [-0.39, 0.29) is 11.5 Å². The predicted molar refractivity (Wildman–Crippen MR) is 41.9 cm³/mol. The summed E-state index contributed by atoms with van der Waals surface area (Å²) < 4.78 is 0. The van der Waals surface area contributed by atoms with Crippen LogP contribution in [0.1, 0.15) is 6.92 Å². The van der Waals surface area contributed by atoms with E-state index >= 15 is 0 Å². The normalized spacial score (nSPS) is 7.73. The van der Waals surface area contributed by atoms with Crippen LogP contribution in [-0.4, -0.2) is 10.9 Å². The van der Waals surface area contributed by atoms with Gasteiger partial charge in [0.15, 0.2) is 0 Å². The predicted octanol–water partition coefficient (Wildman–Crippen LogP) is -0.134. The van der Waals surface area contributed by atoms with Gasteiger partial charge in [-0.1, -0.05) is 6.07 Å². The topological polar surface area (TPSA) is 76.0 Å². The monoisotopic (exact) mass is 154 g/mol. The summed E-state index contributed by atoms with van der Waals surface area (Å²) in [6, 6.07) is 4.93. The van der Waals surface area contributed by atoms with Crippen molar-refractivity contribution in [1.82, 2.24) is 4.98 Å². The van der Waals surface area contributed by atoms with Crippen LogP contribution >= 0.6 is 0 Å². The molecule has 0 spiro atoms. The Morgan fingerprint density at radius 1 is 1.55 bits per heavy atom. The first kappa shape index (κ1) is 9.42. The highest BCUT2D eigenvalue weighted by molar-refractivity contribution is 5.70. The van der Waals surface area contributed by atoms with Crippen molar-refractivity contribution in [2.45, 2.75) is 6.92 Å². The second kappa shape index (κ2) is 5.22. The molecule has 0 aliphatic heterocycles. The SMILES string of the molecule is CC(N)=O.O=c1cccc[nH]1. The van der Waals surface area contributed by atoms with E-state index in [1.807, 2.05) is 0 Å². The zero-order valence-corrected chi connectivity index (χ0v) is 6.20. The number of rotatable bonds is 0. The Labute approximate surface area is 64.0 Å². The first-order valence-electron chi connectivity index (χ1n) is 3.02. The largest absolute Gasteiger partial charge is 0.370 e. The van der Waals surface area contributed by atoms with Gasteiger partial charge in [0.05, 0.1) is 0 Å². The molecule has 1 aromatic rings. The molecule has 0 fully saturated rings. The maximum absolute atomic E-state index is 10.2. The number of carbonyl (C=O) groups is 1. The van der Waals surface area contributed by atoms with Crippen molar-refractivity contribution in [3.63, 3.8) is 0 Å². The van der Waals surface area contributed by atoms with E-state index in [1.165, 1.54) is 13.0 Å². The van der Waals surface area contributed by atoms with E-state index in [0.29, 0.717) is 0 Å². The molecular formula is C7H10N2O2. The Morgan fingerprint density at radius 3 is 2.27 bits per heavy atom. The van der Waals surface area contributed by atoms with Crippen molar-refractivity contribution in [3.8, 4) is 0 Å². The molecule has 0 aliphatic carbocycles. The number of nitrogens with two attached hydrogens (primary N) is 1. The van der Waals surface area contributed by atoms with Gasteiger partial charge in [-0.2, -0.15) is 0 Å². The van der Waals surface area contributed by atoms with Crippen molar-refractivity contribution in [3.05, 3.63) is 34.7 Å². The van der Waals surface area contributed by atoms with Crippen LogP contribution in [0.4, 0.5) is 0 Å². The lowest BCUT2D eigenvalue weighted by molar-refractivity contribution is -0.115. The fourth-order valence-electron chi connectivity index (χ4n) is 0.377. The number of carbonyl (C=O) groups excluding carboxylic acids is 1. The maximum Gasteiger partial charge on any atom is 0.247 e. The van der Waals surface area contributed by atoms with Crippen molar-refractivity contribution in [2.24, 2.45) is 5.73 Å². The average molecular weight is 154 g/mol. The molecule has 1 rings (SSSR count). The summed E-state index contributed by atoms with van der Waals surface area (Å²) in [6.07, 6.45) is 1.60. The summed E-state index contributed by atoms with van der Waals surface area (Å²) in [6.45, 7) is 1.31. The van der Waals surface area contributed by atoms with Crippen LogP contribution < -0.4 is 11.3 Å². The minimum atomic E-state index is -0.333. The summed E-state index contributed by atoms with van der Waals surface area (Å²) >= 11 is 0. The number of aromatic nitrogens is 1. The summed E-state index contributed by atoms with van der Waals surface area (Å²) in [5, 5.41) is 0. The number of primary amides is 1. The van der Waals surface area contributed by atoms with Gasteiger partial charge in [-0.3, -0.25) is 9.59 Å². The van der Waals surface area contributed by atoms with Crippen LogP contribution in [0, 0.1) is 0 Å². The molecule has 11 heavy (non-hydrogen) atoms. The highest BCUT2D eigenvalue weighted by Gasteiger charge is 1.69. The van der Waals surface area contributed by atoms with Crippen LogP contribution in [0.25, 0.3) is 0 Å². The van der Waals surface area contributed by atoms with Gasteiger partial charge in [0, 0.05) is 19.2 Å². The molecule has 60 valence electrons. The molecular weight excluding hydrogens is 144 g/mol. The molecule has 0 atom stereocenters. The second-order valence-corrected chi connectivity index (χ2v) is 1.84. The van der Waals surface area contributed by atoms with E-state index in [9.17, 15) is 9.59 Å². The van der Waals surface area contributed by atoms with Gasteiger partial charge in [-0.05, 0) is 6.07 Å². The lowest BCUT2D eigenvalue weighted by Crippen LogP contribution is -2.01. The molecule has 1 heterocycles. The van der Waals surface area contributed by atoms with Crippen LogP contribution in [0.3, 0.4) is 0 Å². The quantitative estimate of drug-likeness (QED) is 0.546. The summed E-state index contributed by atoms with van der Waals surface area (Å²) in [5.41, 5.74) is 4.42. The first-order valence-corrected chi connectivity index (χ1v) is 3.02. The molecule has 1 aromatic heterocycles. The highest BCUT2D eigenvalue weighted by atomic mass is 16.1. The Bertz CT molecular complexity index is 246.